The lowest BCUT2D eigenvalue weighted by molar-refractivity contribution is 0.270. The van der Waals surface area contributed by atoms with E-state index in [0.717, 1.165) is 41.1 Å². The lowest BCUT2D eigenvalue weighted by Crippen LogP contribution is -2.20. The van der Waals surface area contributed by atoms with Crippen molar-refractivity contribution in [2.45, 2.75) is 38.5 Å². The number of hydrogen-bond donors (Lipinski definition) is 1. The molecule has 0 saturated heterocycles. The van der Waals surface area contributed by atoms with Crippen molar-refractivity contribution in [2.75, 3.05) is 18.5 Å². The number of hydrogen-bond acceptors (Lipinski definition) is 5. The van der Waals surface area contributed by atoms with Crippen LogP contribution in [0.3, 0.4) is 0 Å². The molecule has 1 unspecified atom stereocenters. The van der Waals surface area contributed by atoms with Gasteiger partial charge < -0.3 is 10.1 Å². The van der Waals surface area contributed by atoms with Gasteiger partial charge in [-0.25, -0.2) is 9.50 Å². The standard InChI is InChI=1S/C18H22N4OS/c1-18(2,3)15-11-22-17(20-15)24-16(21-22)19-10-12-8-9-23-14-7-5-4-6-13(12)14/h4-7,11-12H,8-10H2,1-3H3,(H,19,21). The van der Waals surface area contributed by atoms with Gasteiger partial charge in [0.15, 0.2) is 0 Å². The van der Waals surface area contributed by atoms with E-state index >= 15 is 0 Å². The third-order valence-electron chi connectivity index (χ3n) is 4.39. The number of aromatic nitrogens is 3. The van der Waals surface area contributed by atoms with Crippen molar-refractivity contribution in [2.24, 2.45) is 0 Å². The van der Waals surface area contributed by atoms with Crippen LogP contribution in [0, 0.1) is 0 Å². The highest BCUT2D eigenvalue weighted by atomic mass is 32.1. The molecule has 1 aliphatic rings. The van der Waals surface area contributed by atoms with Gasteiger partial charge in [0.2, 0.25) is 10.1 Å². The Bertz CT molecular complexity index is 830. The largest absolute Gasteiger partial charge is 0.493 e. The fourth-order valence-corrected chi connectivity index (χ4v) is 3.76. The Hall–Kier alpha value is -2.08. The molecule has 4 rings (SSSR count). The molecule has 3 aromatic rings. The molecule has 0 amide bonds. The highest BCUT2D eigenvalue weighted by Gasteiger charge is 2.22. The van der Waals surface area contributed by atoms with E-state index in [-0.39, 0.29) is 5.41 Å². The second-order valence-electron chi connectivity index (χ2n) is 7.26. The van der Waals surface area contributed by atoms with Crippen LogP contribution in [-0.4, -0.2) is 27.7 Å². The molecule has 6 heteroatoms. The number of rotatable bonds is 3. The number of anilines is 1. The Labute approximate surface area is 145 Å². The summed E-state index contributed by atoms with van der Waals surface area (Å²) in [6.07, 6.45) is 3.06. The third kappa shape index (κ3) is 2.86. The van der Waals surface area contributed by atoms with Crippen LogP contribution in [0.5, 0.6) is 5.75 Å². The molecule has 3 heterocycles. The normalized spacial score (nSPS) is 17.5. The summed E-state index contributed by atoms with van der Waals surface area (Å²) >= 11 is 1.60. The molecule has 1 aromatic carbocycles. The molecule has 0 spiro atoms. The van der Waals surface area contributed by atoms with Gasteiger partial charge >= 0.3 is 0 Å². The first kappa shape index (κ1) is 15.4. The van der Waals surface area contributed by atoms with Crippen LogP contribution in [-0.2, 0) is 5.41 Å². The second-order valence-corrected chi connectivity index (χ2v) is 8.22. The van der Waals surface area contributed by atoms with Gasteiger partial charge in [-0.1, -0.05) is 50.3 Å². The summed E-state index contributed by atoms with van der Waals surface area (Å²) in [5.41, 5.74) is 2.41. The zero-order chi connectivity index (χ0) is 16.7. The lowest BCUT2D eigenvalue weighted by atomic mass is 9.93. The van der Waals surface area contributed by atoms with Crippen LogP contribution in [0.1, 0.15) is 44.4 Å². The summed E-state index contributed by atoms with van der Waals surface area (Å²) in [6.45, 7) is 8.15. The highest BCUT2D eigenvalue weighted by molar-refractivity contribution is 7.20. The van der Waals surface area contributed by atoms with E-state index in [4.69, 9.17) is 9.72 Å². The number of benzene rings is 1. The molecule has 1 atom stereocenters. The summed E-state index contributed by atoms with van der Waals surface area (Å²) in [6, 6.07) is 8.31. The summed E-state index contributed by atoms with van der Waals surface area (Å²) in [4.78, 5) is 5.63. The number of para-hydroxylation sites is 1. The van der Waals surface area contributed by atoms with Gasteiger partial charge in [-0.2, -0.15) is 0 Å². The second kappa shape index (κ2) is 5.77. The van der Waals surface area contributed by atoms with Crippen molar-refractivity contribution in [1.29, 1.82) is 0 Å². The molecular weight excluding hydrogens is 320 g/mol. The summed E-state index contributed by atoms with van der Waals surface area (Å²) < 4.78 is 7.61. The Morgan fingerprint density at radius 1 is 1.33 bits per heavy atom. The minimum atomic E-state index is 0.0484. The van der Waals surface area contributed by atoms with Gasteiger partial charge in [0.25, 0.3) is 0 Å². The number of fused-ring (bicyclic) bond motifs is 2. The van der Waals surface area contributed by atoms with Crippen LogP contribution in [0.15, 0.2) is 30.5 Å². The van der Waals surface area contributed by atoms with E-state index < -0.39 is 0 Å². The average molecular weight is 342 g/mol. The van der Waals surface area contributed by atoms with Crippen molar-refractivity contribution < 1.29 is 4.74 Å². The van der Waals surface area contributed by atoms with E-state index in [0.29, 0.717) is 5.92 Å². The van der Waals surface area contributed by atoms with E-state index in [1.54, 1.807) is 11.3 Å². The molecule has 0 saturated carbocycles. The maximum atomic E-state index is 5.73. The first-order valence-electron chi connectivity index (χ1n) is 8.33. The zero-order valence-electron chi connectivity index (χ0n) is 14.2. The Morgan fingerprint density at radius 3 is 2.96 bits per heavy atom. The van der Waals surface area contributed by atoms with E-state index in [2.05, 4.69) is 43.3 Å². The van der Waals surface area contributed by atoms with Gasteiger partial charge in [-0.05, 0) is 18.1 Å². The molecule has 0 bridgehead atoms. The fraction of sp³-hybridized carbons (Fsp3) is 0.444. The molecule has 126 valence electrons. The topological polar surface area (TPSA) is 51.5 Å². The van der Waals surface area contributed by atoms with E-state index in [1.165, 1.54) is 5.56 Å². The Morgan fingerprint density at radius 2 is 2.17 bits per heavy atom. The zero-order valence-corrected chi connectivity index (χ0v) is 15.1. The molecule has 1 aliphatic heterocycles. The predicted octanol–water partition coefficient (Wildman–Crippen LogP) is 4.07. The SMILES string of the molecule is CC(C)(C)c1cn2nc(NCC3CCOc4ccccc43)sc2n1. The molecule has 0 radical (unpaired) electrons. The minimum Gasteiger partial charge on any atom is -0.493 e. The van der Waals surface area contributed by atoms with Crippen LogP contribution in [0.25, 0.3) is 4.96 Å². The maximum Gasteiger partial charge on any atom is 0.214 e. The van der Waals surface area contributed by atoms with Crippen molar-refractivity contribution in [1.82, 2.24) is 14.6 Å². The summed E-state index contributed by atoms with van der Waals surface area (Å²) in [5.74, 6) is 1.47. The smallest absolute Gasteiger partial charge is 0.214 e. The Kier molecular flexibility index (Phi) is 3.72. The Balaban J connectivity index is 1.49. The third-order valence-corrected chi connectivity index (χ3v) is 5.27. The van der Waals surface area contributed by atoms with Gasteiger partial charge in [0.1, 0.15) is 5.75 Å². The monoisotopic (exact) mass is 342 g/mol. The van der Waals surface area contributed by atoms with Gasteiger partial charge in [0, 0.05) is 17.9 Å². The maximum absolute atomic E-state index is 5.73. The average Bonchev–Trinajstić information content (AvgIpc) is 3.11. The van der Waals surface area contributed by atoms with Crippen molar-refractivity contribution in [3.8, 4) is 5.75 Å². The van der Waals surface area contributed by atoms with Crippen LogP contribution >= 0.6 is 11.3 Å². The van der Waals surface area contributed by atoms with Gasteiger partial charge in [-0.3, -0.25) is 0 Å². The van der Waals surface area contributed by atoms with Crippen molar-refractivity contribution >= 4 is 21.4 Å². The fourth-order valence-electron chi connectivity index (χ4n) is 2.97. The molecule has 0 fully saturated rings. The molecular formula is C18H22N4OS. The molecule has 2 aromatic heterocycles. The van der Waals surface area contributed by atoms with Crippen LogP contribution in [0.2, 0.25) is 0 Å². The van der Waals surface area contributed by atoms with Crippen LogP contribution < -0.4 is 10.1 Å². The lowest BCUT2D eigenvalue weighted by Gasteiger charge is -2.25. The van der Waals surface area contributed by atoms with Crippen molar-refractivity contribution in [3.63, 3.8) is 0 Å². The number of nitrogens with zero attached hydrogens (tertiary/aromatic N) is 3. The van der Waals surface area contributed by atoms with E-state index in [9.17, 15) is 0 Å². The summed E-state index contributed by atoms with van der Waals surface area (Å²) in [7, 11) is 0. The first-order valence-corrected chi connectivity index (χ1v) is 9.14. The van der Waals surface area contributed by atoms with Crippen molar-refractivity contribution in [3.05, 3.63) is 41.7 Å². The molecule has 5 nitrogen and oxygen atoms in total. The van der Waals surface area contributed by atoms with E-state index in [1.807, 2.05) is 22.8 Å². The molecule has 24 heavy (non-hydrogen) atoms. The molecule has 1 N–H and O–H groups in total. The number of imidazole rings is 1. The number of ether oxygens (including phenoxy) is 1. The quantitative estimate of drug-likeness (QED) is 0.780. The van der Waals surface area contributed by atoms with Crippen LogP contribution in [0.4, 0.5) is 5.13 Å². The highest BCUT2D eigenvalue weighted by Crippen LogP contribution is 2.34. The first-order chi connectivity index (χ1) is 11.5. The van der Waals surface area contributed by atoms with Gasteiger partial charge in [0.05, 0.1) is 18.5 Å². The predicted molar refractivity (Wildman–Crippen MR) is 97.3 cm³/mol. The molecule has 0 aliphatic carbocycles. The summed E-state index contributed by atoms with van der Waals surface area (Å²) in [5, 5.41) is 9.02. The number of nitrogens with one attached hydrogen (secondary N) is 1. The minimum absolute atomic E-state index is 0.0484. The van der Waals surface area contributed by atoms with Gasteiger partial charge in [-0.15, -0.1) is 5.10 Å².